The molecule has 0 heterocycles. The van der Waals surface area contributed by atoms with Gasteiger partial charge in [-0.05, 0) is 30.5 Å². The first-order chi connectivity index (χ1) is 9.55. The average Bonchev–Trinajstić information content (AvgIpc) is 2.36. The molecule has 0 aliphatic heterocycles. The van der Waals surface area contributed by atoms with Crippen LogP contribution in [0.15, 0.2) is 29.2 Å². The van der Waals surface area contributed by atoms with Gasteiger partial charge in [0.05, 0.1) is 10.6 Å². The van der Waals surface area contributed by atoms with Gasteiger partial charge in [-0.25, -0.2) is 26.7 Å². The summed E-state index contributed by atoms with van der Waals surface area (Å²) in [5.41, 5.74) is 0.643. The number of primary sulfonamides is 1. The van der Waals surface area contributed by atoms with E-state index < -0.39 is 26.1 Å². The van der Waals surface area contributed by atoms with Gasteiger partial charge < -0.3 is 0 Å². The van der Waals surface area contributed by atoms with Crippen molar-refractivity contribution >= 4 is 31.6 Å². The lowest BCUT2D eigenvalue weighted by Gasteiger charge is -2.16. The minimum absolute atomic E-state index is 0.0166. The van der Waals surface area contributed by atoms with Gasteiger partial charge in [0.25, 0.3) is 0 Å². The summed E-state index contributed by atoms with van der Waals surface area (Å²) >= 11 is 5.61. The van der Waals surface area contributed by atoms with E-state index in [1.807, 2.05) is 0 Å². The van der Waals surface area contributed by atoms with E-state index in [1.54, 1.807) is 13.8 Å². The second-order valence-corrected chi connectivity index (χ2v) is 8.66. The van der Waals surface area contributed by atoms with Crippen LogP contribution in [0.5, 0.6) is 0 Å². The zero-order valence-electron chi connectivity index (χ0n) is 11.8. The maximum Gasteiger partial charge on any atom is 0.238 e. The normalized spacial score (nSPS) is 15.6. The Labute approximate surface area is 130 Å². The second kappa shape index (κ2) is 7.06. The van der Waals surface area contributed by atoms with Gasteiger partial charge >= 0.3 is 0 Å². The van der Waals surface area contributed by atoms with Crippen molar-refractivity contribution in [3.05, 3.63) is 29.8 Å². The lowest BCUT2D eigenvalue weighted by molar-refractivity contribution is 0.555. The van der Waals surface area contributed by atoms with Gasteiger partial charge in [-0.3, -0.25) is 0 Å². The van der Waals surface area contributed by atoms with Crippen LogP contribution in [-0.4, -0.2) is 28.5 Å². The van der Waals surface area contributed by atoms with Gasteiger partial charge in [-0.2, -0.15) is 0 Å². The average molecular weight is 355 g/mol. The highest BCUT2D eigenvalue weighted by Crippen LogP contribution is 2.17. The van der Waals surface area contributed by atoms with Crippen LogP contribution in [-0.2, 0) is 20.0 Å². The van der Waals surface area contributed by atoms with Crippen molar-refractivity contribution in [1.82, 2.24) is 4.72 Å². The topological polar surface area (TPSA) is 106 Å². The third kappa shape index (κ3) is 5.91. The lowest BCUT2D eigenvalue weighted by Crippen LogP contribution is -2.31. The zero-order chi connectivity index (χ0) is 16.3. The molecule has 9 heteroatoms. The Morgan fingerprint density at radius 1 is 1.14 bits per heavy atom. The first kappa shape index (κ1) is 18.4. The summed E-state index contributed by atoms with van der Waals surface area (Å²) in [6.45, 7) is 3.42. The number of hydrogen-bond donors (Lipinski definition) is 2. The second-order valence-electron chi connectivity index (χ2n) is 4.99. The monoisotopic (exact) mass is 354 g/mol. The first-order valence-electron chi connectivity index (χ1n) is 6.24. The SMILES string of the molecule is CC(CCl)CS(=O)(=O)NC(C)c1ccc(S(N)(=O)=O)cc1. The van der Waals surface area contributed by atoms with Crippen molar-refractivity contribution in [3.8, 4) is 0 Å². The van der Waals surface area contributed by atoms with Gasteiger partial charge in [0, 0.05) is 11.9 Å². The molecule has 0 fully saturated rings. The number of nitrogens with one attached hydrogen (secondary N) is 1. The molecule has 21 heavy (non-hydrogen) atoms. The molecule has 0 aliphatic carbocycles. The van der Waals surface area contributed by atoms with Gasteiger partial charge in [0.2, 0.25) is 20.0 Å². The van der Waals surface area contributed by atoms with Crippen molar-refractivity contribution in [2.24, 2.45) is 11.1 Å². The molecule has 3 N–H and O–H groups in total. The van der Waals surface area contributed by atoms with Gasteiger partial charge in [-0.15, -0.1) is 11.6 Å². The lowest BCUT2D eigenvalue weighted by atomic mass is 10.1. The Balaban J connectivity index is 2.83. The molecule has 0 amide bonds. The van der Waals surface area contributed by atoms with E-state index in [1.165, 1.54) is 24.3 Å². The van der Waals surface area contributed by atoms with E-state index in [0.717, 1.165) is 0 Å². The predicted molar refractivity (Wildman–Crippen MR) is 83.0 cm³/mol. The van der Waals surface area contributed by atoms with Crippen molar-refractivity contribution in [2.75, 3.05) is 11.6 Å². The summed E-state index contributed by atoms with van der Waals surface area (Å²) in [6.07, 6.45) is 0. The van der Waals surface area contributed by atoms with Crippen molar-refractivity contribution in [1.29, 1.82) is 0 Å². The van der Waals surface area contributed by atoms with Crippen LogP contribution in [0.2, 0.25) is 0 Å². The fourth-order valence-corrected chi connectivity index (χ4v) is 4.14. The molecule has 120 valence electrons. The number of rotatable bonds is 7. The molecular weight excluding hydrogens is 336 g/mol. The first-order valence-corrected chi connectivity index (χ1v) is 9.97. The van der Waals surface area contributed by atoms with Crippen molar-refractivity contribution in [2.45, 2.75) is 24.8 Å². The van der Waals surface area contributed by atoms with E-state index in [4.69, 9.17) is 16.7 Å². The van der Waals surface area contributed by atoms with E-state index in [2.05, 4.69) is 4.72 Å². The van der Waals surface area contributed by atoms with Crippen LogP contribution in [0.4, 0.5) is 0 Å². The summed E-state index contributed by atoms with van der Waals surface area (Å²) in [4.78, 5) is -0.0166. The molecule has 1 aromatic carbocycles. The maximum atomic E-state index is 11.9. The fraction of sp³-hybridized carbons (Fsp3) is 0.500. The molecule has 0 radical (unpaired) electrons. The highest BCUT2D eigenvalue weighted by Gasteiger charge is 2.19. The maximum absolute atomic E-state index is 11.9. The minimum atomic E-state index is -3.75. The van der Waals surface area contributed by atoms with E-state index in [0.29, 0.717) is 5.56 Å². The van der Waals surface area contributed by atoms with Gasteiger partial charge in [0.1, 0.15) is 0 Å². The number of hydrogen-bond acceptors (Lipinski definition) is 4. The van der Waals surface area contributed by atoms with Crippen LogP contribution in [0.25, 0.3) is 0 Å². The molecule has 6 nitrogen and oxygen atoms in total. The van der Waals surface area contributed by atoms with Crippen LogP contribution in [0.3, 0.4) is 0 Å². The Morgan fingerprint density at radius 2 is 1.67 bits per heavy atom. The Kier molecular flexibility index (Phi) is 6.18. The van der Waals surface area contributed by atoms with E-state index in [-0.39, 0.29) is 22.4 Å². The summed E-state index contributed by atoms with van der Waals surface area (Å²) in [5.74, 6) is 0.0511. The molecule has 0 saturated carbocycles. The highest BCUT2D eigenvalue weighted by atomic mass is 35.5. The molecule has 0 aliphatic rings. The predicted octanol–water partition coefficient (Wildman–Crippen LogP) is 1.19. The zero-order valence-corrected chi connectivity index (χ0v) is 14.2. The van der Waals surface area contributed by atoms with Crippen molar-refractivity contribution in [3.63, 3.8) is 0 Å². The molecule has 0 aromatic heterocycles. The number of benzene rings is 1. The van der Waals surface area contributed by atoms with Crippen molar-refractivity contribution < 1.29 is 16.8 Å². The van der Waals surface area contributed by atoms with Crippen LogP contribution < -0.4 is 9.86 Å². The van der Waals surface area contributed by atoms with Crippen LogP contribution >= 0.6 is 11.6 Å². The number of sulfonamides is 2. The third-order valence-corrected chi connectivity index (χ3v) is 6.01. The Morgan fingerprint density at radius 3 is 2.10 bits per heavy atom. The minimum Gasteiger partial charge on any atom is -0.225 e. The summed E-state index contributed by atoms with van der Waals surface area (Å²) in [5, 5.41) is 5.00. The molecule has 0 spiro atoms. The Hall–Kier alpha value is -0.670. The Bertz CT molecular complexity index is 672. The van der Waals surface area contributed by atoms with Crippen LogP contribution in [0, 0.1) is 5.92 Å². The molecule has 1 rings (SSSR count). The summed E-state index contributed by atoms with van der Waals surface area (Å²) < 4.78 is 48.7. The summed E-state index contributed by atoms with van der Waals surface area (Å²) in [7, 11) is -7.21. The van der Waals surface area contributed by atoms with E-state index >= 15 is 0 Å². The quantitative estimate of drug-likeness (QED) is 0.717. The standard InChI is InChI=1S/C12H19ClN2O4S2/c1-9(7-13)8-20(16,17)15-10(2)11-3-5-12(6-4-11)21(14,18)19/h3-6,9-10,15H,7-8H2,1-2H3,(H2,14,18,19). The highest BCUT2D eigenvalue weighted by molar-refractivity contribution is 7.89. The van der Waals surface area contributed by atoms with Gasteiger partial charge in [0.15, 0.2) is 0 Å². The molecule has 2 atom stereocenters. The van der Waals surface area contributed by atoms with Gasteiger partial charge in [-0.1, -0.05) is 19.1 Å². The fourth-order valence-electron chi connectivity index (χ4n) is 1.75. The molecular formula is C12H19ClN2O4S2. The smallest absolute Gasteiger partial charge is 0.225 e. The molecule has 2 unspecified atom stereocenters. The molecule has 0 bridgehead atoms. The van der Waals surface area contributed by atoms with E-state index in [9.17, 15) is 16.8 Å². The largest absolute Gasteiger partial charge is 0.238 e. The number of nitrogens with two attached hydrogens (primary N) is 1. The third-order valence-electron chi connectivity index (χ3n) is 2.83. The number of alkyl halides is 1. The molecule has 0 saturated heterocycles. The number of halogens is 1. The summed E-state index contributed by atoms with van der Waals surface area (Å²) in [6, 6.07) is 5.26. The molecule has 1 aromatic rings. The van der Waals surface area contributed by atoms with Crippen LogP contribution in [0.1, 0.15) is 25.5 Å².